The third-order valence-corrected chi connectivity index (χ3v) is 2.79. The Morgan fingerprint density at radius 1 is 1.42 bits per heavy atom. The zero-order valence-corrected chi connectivity index (χ0v) is 10.7. The summed E-state index contributed by atoms with van der Waals surface area (Å²) in [4.78, 5) is 12.1. The van der Waals surface area contributed by atoms with Crippen molar-refractivity contribution in [2.75, 3.05) is 11.1 Å². The molecule has 3 N–H and O–H groups in total. The van der Waals surface area contributed by atoms with Gasteiger partial charge in [-0.2, -0.15) is 0 Å². The number of anilines is 2. The fraction of sp³-hybridized carbons (Fsp3) is 0.214. The van der Waals surface area contributed by atoms with E-state index in [-0.39, 0.29) is 11.6 Å². The van der Waals surface area contributed by atoms with Gasteiger partial charge in [-0.3, -0.25) is 4.79 Å². The Kier molecular flexibility index (Phi) is 3.85. The molecule has 0 unspecified atom stereocenters. The first-order valence-corrected chi connectivity index (χ1v) is 6.13. The summed E-state index contributed by atoms with van der Waals surface area (Å²) in [6.45, 7) is 2.79. The summed E-state index contributed by atoms with van der Waals surface area (Å²) in [5.41, 5.74) is 6.86. The van der Waals surface area contributed by atoms with Crippen LogP contribution in [0, 0.1) is 5.82 Å². The molecule has 4 nitrogen and oxygen atoms in total. The summed E-state index contributed by atoms with van der Waals surface area (Å²) in [7, 11) is 0. The van der Waals surface area contributed by atoms with Crippen molar-refractivity contribution in [2.45, 2.75) is 19.9 Å². The molecule has 0 aliphatic heterocycles. The van der Waals surface area contributed by atoms with Gasteiger partial charge in [-0.1, -0.05) is 6.92 Å². The zero-order chi connectivity index (χ0) is 13.8. The van der Waals surface area contributed by atoms with Crippen LogP contribution >= 0.6 is 0 Å². The summed E-state index contributed by atoms with van der Waals surface area (Å²) in [6, 6.07) is 7.42. The van der Waals surface area contributed by atoms with Crippen LogP contribution in [0.5, 0.6) is 0 Å². The number of nitrogens with zero attached hydrogens (tertiary/aromatic N) is 1. The topological polar surface area (TPSA) is 60.0 Å². The van der Waals surface area contributed by atoms with Gasteiger partial charge in [0.15, 0.2) is 0 Å². The monoisotopic (exact) mass is 261 g/mol. The Hall–Kier alpha value is -2.30. The molecule has 0 bridgehead atoms. The maximum atomic E-state index is 13.1. The molecule has 1 amide bonds. The van der Waals surface area contributed by atoms with Gasteiger partial charge < -0.3 is 15.6 Å². The fourth-order valence-corrected chi connectivity index (χ4v) is 1.88. The summed E-state index contributed by atoms with van der Waals surface area (Å²) in [6.07, 6.45) is 2.77. The van der Waals surface area contributed by atoms with E-state index >= 15 is 0 Å². The number of nitrogens with two attached hydrogens (primary N) is 1. The van der Waals surface area contributed by atoms with Gasteiger partial charge in [0.05, 0.1) is 11.4 Å². The molecule has 2 rings (SSSR count). The number of aromatic nitrogens is 1. The highest BCUT2D eigenvalue weighted by atomic mass is 19.1. The van der Waals surface area contributed by atoms with Crippen LogP contribution in [0.15, 0.2) is 36.5 Å². The standard InChI is InChI=1S/C14H16FN3O/c1-2-7-18-8-3-4-13(18)14(19)17-12-9-10(15)5-6-11(12)16/h3-6,8-9H,2,7,16H2,1H3,(H,17,19). The second kappa shape index (κ2) is 5.56. The Labute approximate surface area is 111 Å². The normalized spacial score (nSPS) is 10.4. The van der Waals surface area contributed by atoms with Gasteiger partial charge in [-0.25, -0.2) is 4.39 Å². The first-order chi connectivity index (χ1) is 9.11. The van der Waals surface area contributed by atoms with Crippen LogP contribution in [-0.2, 0) is 6.54 Å². The quantitative estimate of drug-likeness (QED) is 0.831. The number of hydrogen-bond acceptors (Lipinski definition) is 2. The molecule has 19 heavy (non-hydrogen) atoms. The Balaban J connectivity index is 2.21. The van der Waals surface area contributed by atoms with Crippen molar-refractivity contribution in [1.82, 2.24) is 4.57 Å². The number of amides is 1. The minimum absolute atomic E-state index is 0.286. The van der Waals surface area contributed by atoms with E-state index in [1.54, 1.807) is 12.1 Å². The van der Waals surface area contributed by atoms with Crippen molar-refractivity contribution in [3.8, 4) is 0 Å². The molecule has 0 spiro atoms. The summed E-state index contributed by atoms with van der Waals surface area (Å²) in [5, 5.41) is 2.63. The molecular weight excluding hydrogens is 245 g/mol. The SMILES string of the molecule is CCCn1cccc1C(=O)Nc1cc(F)ccc1N. The molecule has 5 heteroatoms. The van der Waals surface area contributed by atoms with Crippen LogP contribution in [0.4, 0.5) is 15.8 Å². The number of nitrogen functional groups attached to an aromatic ring is 1. The van der Waals surface area contributed by atoms with E-state index in [0.717, 1.165) is 13.0 Å². The van der Waals surface area contributed by atoms with Crippen molar-refractivity contribution in [3.63, 3.8) is 0 Å². The van der Waals surface area contributed by atoms with Crippen molar-refractivity contribution in [1.29, 1.82) is 0 Å². The fourth-order valence-electron chi connectivity index (χ4n) is 1.88. The molecule has 0 saturated carbocycles. The van der Waals surface area contributed by atoms with Crippen LogP contribution in [0.3, 0.4) is 0 Å². The molecule has 1 heterocycles. The number of aryl methyl sites for hydroxylation is 1. The highest BCUT2D eigenvalue weighted by molar-refractivity contribution is 6.04. The number of hydrogen-bond donors (Lipinski definition) is 2. The van der Waals surface area contributed by atoms with Gasteiger partial charge in [0, 0.05) is 12.7 Å². The van der Waals surface area contributed by atoms with Crippen LogP contribution < -0.4 is 11.1 Å². The average Bonchev–Trinajstić information content (AvgIpc) is 2.82. The van der Waals surface area contributed by atoms with Gasteiger partial charge in [-0.15, -0.1) is 0 Å². The van der Waals surface area contributed by atoms with Gasteiger partial charge in [0.1, 0.15) is 11.5 Å². The van der Waals surface area contributed by atoms with Crippen molar-refractivity contribution in [3.05, 3.63) is 48.0 Å². The highest BCUT2D eigenvalue weighted by Gasteiger charge is 2.12. The molecule has 0 fully saturated rings. The van der Waals surface area contributed by atoms with Crippen LogP contribution in [-0.4, -0.2) is 10.5 Å². The number of rotatable bonds is 4. The Bertz CT molecular complexity index is 592. The smallest absolute Gasteiger partial charge is 0.272 e. The molecule has 0 saturated heterocycles. The number of nitrogens with one attached hydrogen (secondary N) is 1. The molecule has 100 valence electrons. The van der Waals surface area contributed by atoms with E-state index in [9.17, 15) is 9.18 Å². The first-order valence-electron chi connectivity index (χ1n) is 6.13. The summed E-state index contributed by atoms with van der Waals surface area (Å²) in [5.74, 6) is -0.732. The third kappa shape index (κ3) is 2.93. The van der Waals surface area contributed by atoms with E-state index in [0.29, 0.717) is 11.4 Å². The first kappa shape index (κ1) is 13.1. The number of benzene rings is 1. The maximum absolute atomic E-state index is 13.1. The van der Waals surface area contributed by atoms with Crippen molar-refractivity contribution < 1.29 is 9.18 Å². The molecule has 0 aliphatic rings. The lowest BCUT2D eigenvalue weighted by atomic mass is 10.2. The van der Waals surface area contributed by atoms with Gasteiger partial charge in [0.25, 0.3) is 5.91 Å². The van der Waals surface area contributed by atoms with Crippen molar-refractivity contribution >= 4 is 17.3 Å². The zero-order valence-electron chi connectivity index (χ0n) is 10.7. The minimum atomic E-state index is -0.437. The molecule has 1 aromatic heterocycles. The van der Waals surface area contributed by atoms with Crippen LogP contribution in [0.25, 0.3) is 0 Å². The predicted molar refractivity (Wildman–Crippen MR) is 73.5 cm³/mol. The second-order valence-electron chi connectivity index (χ2n) is 4.27. The average molecular weight is 261 g/mol. The Morgan fingerprint density at radius 3 is 2.95 bits per heavy atom. The van der Waals surface area contributed by atoms with Crippen LogP contribution in [0.1, 0.15) is 23.8 Å². The minimum Gasteiger partial charge on any atom is -0.397 e. The number of halogens is 1. The number of carbonyl (C=O) groups is 1. The van der Waals surface area contributed by atoms with E-state index < -0.39 is 5.82 Å². The summed E-state index contributed by atoms with van der Waals surface area (Å²) < 4.78 is 15.0. The number of carbonyl (C=O) groups excluding carboxylic acids is 1. The van der Waals surface area contributed by atoms with Gasteiger partial charge >= 0.3 is 0 Å². The molecule has 2 aromatic rings. The second-order valence-corrected chi connectivity index (χ2v) is 4.27. The Morgan fingerprint density at radius 2 is 2.21 bits per heavy atom. The largest absolute Gasteiger partial charge is 0.397 e. The molecule has 1 aromatic carbocycles. The van der Waals surface area contributed by atoms with E-state index in [2.05, 4.69) is 5.32 Å². The van der Waals surface area contributed by atoms with E-state index in [1.165, 1.54) is 18.2 Å². The van der Waals surface area contributed by atoms with Crippen LogP contribution in [0.2, 0.25) is 0 Å². The molecule has 0 aliphatic carbocycles. The summed E-state index contributed by atoms with van der Waals surface area (Å²) >= 11 is 0. The van der Waals surface area contributed by atoms with E-state index in [4.69, 9.17) is 5.73 Å². The predicted octanol–water partition coefficient (Wildman–Crippen LogP) is 2.87. The lowest BCUT2D eigenvalue weighted by molar-refractivity contribution is 0.101. The van der Waals surface area contributed by atoms with Crippen molar-refractivity contribution in [2.24, 2.45) is 0 Å². The van der Waals surface area contributed by atoms with Gasteiger partial charge in [-0.05, 0) is 36.8 Å². The van der Waals surface area contributed by atoms with Gasteiger partial charge in [0.2, 0.25) is 0 Å². The molecule has 0 radical (unpaired) electrons. The highest BCUT2D eigenvalue weighted by Crippen LogP contribution is 2.20. The lowest BCUT2D eigenvalue weighted by Crippen LogP contribution is -2.17. The van der Waals surface area contributed by atoms with E-state index in [1.807, 2.05) is 17.7 Å². The molecule has 0 atom stereocenters. The maximum Gasteiger partial charge on any atom is 0.272 e. The third-order valence-electron chi connectivity index (χ3n) is 2.79. The molecular formula is C14H16FN3O. The lowest BCUT2D eigenvalue weighted by Gasteiger charge is -2.10.